The van der Waals surface area contributed by atoms with E-state index in [1.54, 1.807) is 0 Å². The number of fused-ring (bicyclic) bond motifs is 9. The van der Waals surface area contributed by atoms with Gasteiger partial charge in [-0.3, -0.25) is 4.57 Å². The van der Waals surface area contributed by atoms with Crippen LogP contribution in [0.1, 0.15) is 0 Å². The van der Waals surface area contributed by atoms with Gasteiger partial charge in [0.1, 0.15) is 11.3 Å². The molecule has 0 aliphatic rings. The fourth-order valence-corrected chi connectivity index (χ4v) is 7.10. The highest BCUT2D eigenvalue weighted by Gasteiger charge is 2.21. The van der Waals surface area contributed by atoms with Gasteiger partial charge < -0.3 is 8.98 Å². The summed E-state index contributed by atoms with van der Waals surface area (Å²) in [6, 6.07) is 48.8. The molecule has 10 rings (SSSR count). The van der Waals surface area contributed by atoms with Crippen LogP contribution in [0.15, 0.2) is 150 Å². The summed E-state index contributed by atoms with van der Waals surface area (Å²) in [5.74, 6) is 1.52. The first-order valence-electron chi connectivity index (χ1n) is 15.1. The number of nitrogens with zero attached hydrogens (tertiary/aromatic N) is 4. The summed E-state index contributed by atoms with van der Waals surface area (Å²) >= 11 is 0. The van der Waals surface area contributed by atoms with Crippen LogP contribution in [-0.4, -0.2) is 19.1 Å². The maximum absolute atomic E-state index is 6.36. The lowest BCUT2D eigenvalue weighted by Gasteiger charge is -2.12. The Bertz CT molecular complexity index is 2730. The molecular formula is C40H24N4O. The van der Waals surface area contributed by atoms with E-state index in [9.17, 15) is 0 Å². The van der Waals surface area contributed by atoms with Crippen LogP contribution >= 0.6 is 0 Å². The van der Waals surface area contributed by atoms with Crippen molar-refractivity contribution in [2.24, 2.45) is 0 Å². The molecule has 0 aliphatic heterocycles. The van der Waals surface area contributed by atoms with Crippen molar-refractivity contribution in [3.63, 3.8) is 0 Å². The van der Waals surface area contributed by atoms with E-state index in [0.29, 0.717) is 5.89 Å². The predicted molar refractivity (Wildman–Crippen MR) is 183 cm³/mol. The number of rotatable bonds is 3. The minimum atomic E-state index is 0.622. The highest BCUT2D eigenvalue weighted by atomic mass is 16.3. The van der Waals surface area contributed by atoms with Crippen molar-refractivity contribution in [2.75, 3.05) is 0 Å². The van der Waals surface area contributed by atoms with Crippen LogP contribution in [0.3, 0.4) is 0 Å². The second-order valence-corrected chi connectivity index (χ2v) is 11.4. The molecule has 4 heterocycles. The lowest BCUT2D eigenvalue weighted by molar-refractivity contribution is 0.620. The van der Waals surface area contributed by atoms with Gasteiger partial charge in [0.05, 0.1) is 22.1 Å². The standard InChI is InChI=1S/C40H24N4O/c1-2-13-29-26(11-1)31(40-42-32-15-5-8-18-37(32)45-40)24-36-39(29)30-14-4-7-17-34(30)43(36)25-20-21-28-27-12-3-6-16-33(27)44(35(28)23-25)38-19-9-10-22-41-38/h1-24H. The number of para-hydroxylation sites is 4. The van der Waals surface area contributed by atoms with Crippen molar-refractivity contribution in [3.8, 4) is 23.0 Å². The summed E-state index contributed by atoms with van der Waals surface area (Å²) in [6.45, 7) is 0. The van der Waals surface area contributed by atoms with Crippen LogP contribution in [0.5, 0.6) is 0 Å². The van der Waals surface area contributed by atoms with Crippen LogP contribution in [0.25, 0.3) is 88.4 Å². The Kier molecular flexibility index (Phi) is 4.93. The average Bonchev–Trinajstić information content (AvgIpc) is 3.78. The minimum absolute atomic E-state index is 0.622. The summed E-state index contributed by atoms with van der Waals surface area (Å²) in [5.41, 5.74) is 8.18. The molecule has 0 spiro atoms. The van der Waals surface area contributed by atoms with E-state index in [2.05, 4.69) is 112 Å². The van der Waals surface area contributed by atoms with Gasteiger partial charge in [0.25, 0.3) is 0 Å². The molecule has 0 unspecified atom stereocenters. The molecule has 0 aliphatic carbocycles. The van der Waals surface area contributed by atoms with E-state index in [0.717, 1.165) is 55.6 Å². The Morgan fingerprint density at radius 2 is 1.18 bits per heavy atom. The van der Waals surface area contributed by atoms with E-state index in [-0.39, 0.29) is 0 Å². The Labute approximate surface area is 257 Å². The van der Waals surface area contributed by atoms with Crippen LogP contribution in [0.2, 0.25) is 0 Å². The normalized spacial score (nSPS) is 12.0. The Morgan fingerprint density at radius 1 is 0.489 bits per heavy atom. The Hall–Kier alpha value is -6.20. The average molecular weight is 577 g/mol. The second-order valence-electron chi connectivity index (χ2n) is 11.4. The summed E-state index contributed by atoms with van der Waals surface area (Å²) < 4.78 is 11.0. The van der Waals surface area contributed by atoms with Crippen molar-refractivity contribution < 1.29 is 4.42 Å². The molecule has 0 saturated heterocycles. The highest BCUT2D eigenvalue weighted by molar-refractivity contribution is 6.24. The quantitative estimate of drug-likeness (QED) is 0.210. The first kappa shape index (κ1) is 24.3. The molecule has 0 bridgehead atoms. The van der Waals surface area contributed by atoms with Crippen molar-refractivity contribution in [1.82, 2.24) is 19.1 Å². The lowest BCUT2D eigenvalue weighted by Crippen LogP contribution is -1.98. The van der Waals surface area contributed by atoms with E-state index in [4.69, 9.17) is 14.4 Å². The molecule has 5 heteroatoms. The van der Waals surface area contributed by atoms with E-state index in [1.807, 2.05) is 42.6 Å². The van der Waals surface area contributed by atoms with Crippen LogP contribution in [0, 0.1) is 0 Å². The number of aromatic nitrogens is 4. The topological polar surface area (TPSA) is 48.8 Å². The molecule has 0 atom stereocenters. The third kappa shape index (κ3) is 3.43. The minimum Gasteiger partial charge on any atom is -0.436 e. The summed E-state index contributed by atoms with van der Waals surface area (Å²) in [6.07, 6.45) is 1.85. The SMILES string of the molecule is c1ccc(-n2c3ccccc3c3ccc(-n4c5ccccc5c5c6ccccc6c(-c6nc7ccccc7o6)cc54)cc32)nc1. The van der Waals surface area contributed by atoms with Gasteiger partial charge in [0.2, 0.25) is 5.89 Å². The lowest BCUT2D eigenvalue weighted by atomic mass is 9.99. The van der Waals surface area contributed by atoms with Gasteiger partial charge in [0, 0.05) is 39.0 Å². The number of pyridine rings is 1. The van der Waals surface area contributed by atoms with Gasteiger partial charge in [0.15, 0.2) is 5.58 Å². The monoisotopic (exact) mass is 576 g/mol. The number of hydrogen-bond donors (Lipinski definition) is 0. The zero-order valence-corrected chi connectivity index (χ0v) is 24.1. The van der Waals surface area contributed by atoms with Gasteiger partial charge in [-0.05, 0) is 65.4 Å². The second kappa shape index (κ2) is 9.15. The fraction of sp³-hybridized carbons (Fsp3) is 0. The Morgan fingerprint density at radius 3 is 2.00 bits per heavy atom. The molecule has 210 valence electrons. The number of hydrogen-bond acceptors (Lipinski definition) is 3. The zero-order valence-electron chi connectivity index (χ0n) is 24.1. The molecule has 6 aromatic carbocycles. The molecule has 0 fully saturated rings. The third-order valence-electron chi connectivity index (χ3n) is 9.00. The van der Waals surface area contributed by atoms with Gasteiger partial charge in [-0.2, -0.15) is 0 Å². The maximum Gasteiger partial charge on any atom is 0.228 e. The number of benzene rings is 6. The first-order valence-corrected chi connectivity index (χ1v) is 15.1. The molecule has 10 aromatic rings. The van der Waals surface area contributed by atoms with Crippen molar-refractivity contribution in [1.29, 1.82) is 0 Å². The molecule has 4 aromatic heterocycles. The van der Waals surface area contributed by atoms with Crippen molar-refractivity contribution in [2.45, 2.75) is 0 Å². The highest BCUT2D eigenvalue weighted by Crippen LogP contribution is 2.42. The summed E-state index contributed by atoms with van der Waals surface area (Å²) in [7, 11) is 0. The Balaban J connectivity index is 1.33. The van der Waals surface area contributed by atoms with Crippen molar-refractivity contribution in [3.05, 3.63) is 146 Å². The molecule has 0 amide bonds. The van der Waals surface area contributed by atoms with Crippen LogP contribution < -0.4 is 0 Å². The van der Waals surface area contributed by atoms with Gasteiger partial charge in [-0.1, -0.05) is 84.9 Å². The fourth-order valence-electron chi connectivity index (χ4n) is 7.10. The molecule has 45 heavy (non-hydrogen) atoms. The molecule has 0 N–H and O–H groups in total. The first-order chi connectivity index (χ1) is 22.3. The molecule has 0 radical (unpaired) electrons. The van der Waals surface area contributed by atoms with E-state index in [1.165, 1.54) is 26.9 Å². The predicted octanol–water partition coefficient (Wildman–Crippen LogP) is 10.2. The van der Waals surface area contributed by atoms with Crippen LogP contribution in [-0.2, 0) is 0 Å². The molecule has 0 saturated carbocycles. The van der Waals surface area contributed by atoms with Crippen LogP contribution in [0.4, 0.5) is 0 Å². The largest absolute Gasteiger partial charge is 0.436 e. The van der Waals surface area contributed by atoms with Gasteiger partial charge in [-0.25, -0.2) is 9.97 Å². The molecule has 5 nitrogen and oxygen atoms in total. The zero-order chi connectivity index (χ0) is 29.5. The number of oxazole rings is 1. The maximum atomic E-state index is 6.36. The van der Waals surface area contributed by atoms with Crippen molar-refractivity contribution >= 4 is 65.5 Å². The van der Waals surface area contributed by atoms with Gasteiger partial charge >= 0.3 is 0 Å². The summed E-state index contributed by atoms with van der Waals surface area (Å²) in [5, 5.41) is 7.11. The van der Waals surface area contributed by atoms with E-state index >= 15 is 0 Å². The smallest absolute Gasteiger partial charge is 0.228 e. The molecular weight excluding hydrogens is 552 g/mol. The third-order valence-corrected chi connectivity index (χ3v) is 9.00. The summed E-state index contributed by atoms with van der Waals surface area (Å²) in [4.78, 5) is 9.67. The van der Waals surface area contributed by atoms with Gasteiger partial charge in [-0.15, -0.1) is 0 Å². The van der Waals surface area contributed by atoms with E-state index < -0.39 is 0 Å².